The van der Waals surface area contributed by atoms with Crippen LogP contribution < -0.4 is 5.32 Å². The molecule has 0 aliphatic heterocycles. The van der Waals surface area contributed by atoms with Crippen molar-refractivity contribution in [3.8, 4) is 0 Å². The number of aliphatic carboxylic acids is 1. The number of carbonyl (C=O) groups is 2. The zero-order valence-electron chi connectivity index (χ0n) is 12.0. The van der Waals surface area contributed by atoms with Gasteiger partial charge in [0.05, 0.1) is 0 Å². The van der Waals surface area contributed by atoms with Crippen LogP contribution in [0.3, 0.4) is 0 Å². The zero-order chi connectivity index (χ0) is 16.2. The van der Waals surface area contributed by atoms with Gasteiger partial charge in [-0.25, -0.2) is 12.7 Å². The van der Waals surface area contributed by atoms with Crippen LogP contribution >= 0.6 is 11.3 Å². The molecule has 0 fully saturated rings. The summed E-state index contributed by atoms with van der Waals surface area (Å²) in [4.78, 5) is 22.7. The molecule has 0 saturated heterocycles. The Kier molecular flexibility index (Phi) is 5.87. The van der Waals surface area contributed by atoms with Crippen LogP contribution in [-0.4, -0.2) is 49.8 Å². The maximum Gasteiger partial charge on any atom is 0.303 e. The highest BCUT2D eigenvalue weighted by atomic mass is 32.2. The van der Waals surface area contributed by atoms with Crippen molar-refractivity contribution in [3.63, 3.8) is 0 Å². The second-order valence-electron chi connectivity index (χ2n) is 4.71. The summed E-state index contributed by atoms with van der Waals surface area (Å²) < 4.78 is 25.2. The van der Waals surface area contributed by atoms with E-state index in [4.69, 9.17) is 5.11 Å². The first kappa shape index (κ1) is 17.6. The van der Waals surface area contributed by atoms with Gasteiger partial charge in [-0.05, 0) is 24.8 Å². The van der Waals surface area contributed by atoms with E-state index in [-0.39, 0.29) is 28.7 Å². The van der Waals surface area contributed by atoms with E-state index in [9.17, 15) is 18.0 Å². The Bertz CT molecular complexity index is 621. The van der Waals surface area contributed by atoms with Gasteiger partial charge < -0.3 is 10.4 Å². The minimum Gasteiger partial charge on any atom is -0.481 e. The number of nitrogens with zero attached hydrogens (tertiary/aromatic N) is 1. The van der Waals surface area contributed by atoms with Gasteiger partial charge in [0.15, 0.2) is 0 Å². The van der Waals surface area contributed by atoms with Crippen molar-refractivity contribution in [1.82, 2.24) is 9.62 Å². The van der Waals surface area contributed by atoms with Gasteiger partial charge in [0.2, 0.25) is 10.0 Å². The van der Waals surface area contributed by atoms with Gasteiger partial charge in [0.1, 0.15) is 9.77 Å². The van der Waals surface area contributed by atoms with Crippen LogP contribution in [0.15, 0.2) is 16.3 Å². The Morgan fingerprint density at radius 3 is 2.57 bits per heavy atom. The quantitative estimate of drug-likeness (QED) is 0.773. The molecule has 0 aliphatic carbocycles. The minimum absolute atomic E-state index is 0.0413. The highest BCUT2D eigenvalue weighted by Gasteiger charge is 2.26. The van der Waals surface area contributed by atoms with Gasteiger partial charge in [-0.1, -0.05) is 0 Å². The van der Waals surface area contributed by atoms with Crippen LogP contribution in [0.4, 0.5) is 0 Å². The average molecular weight is 334 g/mol. The van der Waals surface area contributed by atoms with Crippen LogP contribution in [0.25, 0.3) is 0 Å². The lowest BCUT2D eigenvalue weighted by Gasteiger charge is -2.14. The maximum atomic E-state index is 12.1. The average Bonchev–Trinajstić information content (AvgIpc) is 2.85. The largest absolute Gasteiger partial charge is 0.481 e. The predicted molar refractivity (Wildman–Crippen MR) is 79.0 cm³/mol. The molecular weight excluding hydrogens is 316 g/mol. The third-order valence-corrected chi connectivity index (χ3v) is 5.66. The topological polar surface area (TPSA) is 104 Å². The first-order chi connectivity index (χ1) is 9.66. The molecule has 0 saturated carbocycles. The van der Waals surface area contributed by atoms with Crippen molar-refractivity contribution in [3.05, 3.63) is 16.3 Å². The van der Waals surface area contributed by atoms with E-state index < -0.39 is 21.9 Å². The maximum absolute atomic E-state index is 12.1. The Morgan fingerprint density at radius 2 is 2.05 bits per heavy atom. The molecule has 0 aliphatic rings. The highest BCUT2D eigenvalue weighted by molar-refractivity contribution is 7.89. The highest BCUT2D eigenvalue weighted by Crippen LogP contribution is 2.24. The fraction of sp³-hybridized carbons (Fsp3) is 0.500. The van der Waals surface area contributed by atoms with E-state index in [2.05, 4.69) is 5.32 Å². The zero-order valence-corrected chi connectivity index (χ0v) is 13.6. The van der Waals surface area contributed by atoms with E-state index >= 15 is 0 Å². The summed E-state index contributed by atoms with van der Waals surface area (Å²) in [5.74, 6) is -1.45. The third kappa shape index (κ3) is 4.51. The molecule has 0 spiro atoms. The van der Waals surface area contributed by atoms with Crippen LogP contribution in [-0.2, 0) is 14.8 Å². The second-order valence-corrected chi connectivity index (χ2v) is 7.74. The molecule has 118 valence electrons. The summed E-state index contributed by atoms with van der Waals surface area (Å²) in [7, 11) is -0.896. The van der Waals surface area contributed by atoms with E-state index in [1.165, 1.54) is 25.5 Å². The number of sulfonamides is 1. The predicted octanol–water partition coefficient (Wildman–Crippen LogP) is 0.982. The summed E-state index contributed by atoms with van der Waals surface area (Å²) in [6.45, 7) is 1.68. The van der Waals surface area contributed by atoms with Crippen LogP contribution in [0, 0.1) is 0 Å². The van der Waals surface area contributed by atoms with Gasteiger partial charge in [-0.15, -0.1) is 11.3 Å². The number of amides is 1. The number of thiophene rings is 1. The van der Waals surface area contributed by atoms with Crippen molar-refractivity contribution < 1.29 is 23.1 Å². The number of carboxylic acids is 1. The molecule has 1 unspecified atom stereocenters. The van der Waals surface area contributed by atoms with Gasteiger partial charge >= 0.3 is 5.97 Å². The summed E-state index contributed by atoms with van der Waals surface area (Å²) in [5.41, 5.74) is 0. The van der Waals surface area contributed by atoms with Crippen molar-refractivity contribution in [2.24, 2.45) is 0 Å². The lowest BCUT2D eigenvalue weighted by Crippen LogP contribution is -2.34. The molecule has 1 atom stereocenters. The lowest BCUT2D eigenvalue weighted by atomic mass is 10.2. The Balaban J connectivity index is 2.86. The summed E-state index contributed by atoms with van der Waals surface area (Å²) >= 11 is 1.03. The number of carboxylic acid groups (broad SMARTS) is 1. The molecule has 2 N–H and O–H groups in total. The molecule has 0 bridgehead atoms. The molecular formula is C12H18N2O5S2. The van der Waals surface area contributed by atoms with E-state index in [0.717, 1.165) is 15.6 Å². The summed E-state index contributed by atoms with van der Waals surface area (Å²) in [6, 6.07) is 1.03. The van der Waals surface area contributed by atoms with E-state index in [1.807, 2.05) is 0 Å². The monoisotopic (exact) mass is 334 g/mol. The number of hydrogen-bond acceptors (Lipinski definition) is 5. The molecule has 9 heteroatoms. The Hall–Kier alpha value is -1.45. The SMILES string of the molecule is CC(CCC(=O)O)NC(=O)c1sccc1S(=O)(=O)N(C)C. The first-order valence-corrected chi connectivity index (χ1v) is 8.51. The molecule has 0 aromatic carbocycles. The molecule has 0 radical (unpaired) electrons. The van der Waals surface area contributed by atoms with E-state index in [1.54, 1.807) is 6.92 Å². The molecule has 1 heterocycles. The van der Waals surface area contributed by atoms with Gasteiger partial charge in [0.25, 0.3) is 5.91 Å². The Labute approximate surface area is 127 Å². The van der Waals surface area contributed by atoms with Crippen LogP contribution in [0.2, 0.25) is 0 Å². The molecule has 1 amide bonds. The van der Waals surface area contributed by atoms with Crippen molar-refractivity contribution in [2.45, 2.75) is 30.7 Å². The molecule has 1 aromatic heterocycles. The normalized spacial score (nSPS) is 13.1. The van der Waals surface area contributed by atoms with Crippen molar-refractivity contribution in [2.75, 3.05) is 14.1 Å². The summed E-state index contributed by atoms with van der Waals surface area (Å²) in [6.07, 6.45) is 0.219. The summed E-state index contributed by atoms with van der Waals surface area (Å²) in [5, 5.41) is 12.7. The number of hydrogen-bond donors (Lipinski definition) is 2. The van der Waals surface area contributed by atoms with Gasteiger partial charge in [0, 0.05) is 26.6 Å². The second kappa shape index (κ2) is 7.01. The lowest BCUT2D eigenvalue weighted by molar-refractivity contribution is -0.137. The fourth-order valence-corrected chi connectivity index (χ4v) is 3.76. The molecule has 7 nitrogen and oxygen atoms in total. The molecule has 21 heavy (non-hydrogen) atoms. The van der Waals surface area contributed by atoms with Crippen LogP contribution in [0.1, 0.15) is 29.4 Å². The smallest absolute Gasteiger partial charge is 0.303 e. The first-order valence-electron chi connectivity index (χ1n) is 6.19. The fourth-order valence-electron chi connectivity index (χ4n) is 1.56. The number of carbonyl (C=O) groups excluding carboxylic acids is 1. The number of nitrogens with one attached hydrogen (secondary N) is 1. The van der Waals surface area contributed by atoms with E-state index in [0.29, 0.717) is 0 Å². The minimum atomic E-state index is -3.68. The Morgan fingerprint density at radius 1 is 1.43 bits per heavy atom. The van der Waals surface area contributed by atoms with Gasteiger partial charge in [-0.3, -0.25) is 9.59 Å². The molecule has 1 rings (SSSR count). The molecule has 1 aromatic rings. The van der Waals surface area contributed by atoms with Crippen molar-refractivity contribution in [1.29, 1.82) is 0 Å². The third-order valence-electron chi connectivity index (χ3n) is 2.76. The number of rotatable bonds is 7. The van der Waals surface area contributed by atoms with Crippen molar-refractivity contribution >= 4 is 33.2 Å². The van der Waals surface area contributed by atoms with Crippen LogP contribution in [0.5, 0.6) is 0 Å². The van der Waals surface area contributed by atoms with Gasteiger partial charge in [-0.2, -0.15) is 0 Å². The standard InChI is InChI=1S/C12H18N2O5S2/c1-8(4-5-10(15)16)13-12(17)11-9(6-7-20-11)21(18,19)14(2)3/h6-8H,4-5H2,1-3H3,(H,13,17)(H,15,16).